The molecule has 0 atom stereocenters. The molecule has 3 aromatic rings. The molecule has 0 amide bonds. The third-order valence-electron chi connectivity index (χ3n) is 2.53. The van der Waals surface area contributed by atoms with E-state index in [-0.39, 0.29) is 0 Å². The van der Waals surface area contributed by atoms with Gasteiger partial charge in [0.15, 0.2) is 4.34 Å². The highest BCUT2D eigenvalue weighted by molar-refractivity contribution is 8.00. The van der Waals surface area contributed by atoms with Gasteiger partial charge in [-0.15, -0.1) is 20.4 Å². The molecule has 110 valence electrons. The summed E-state index contributed by atoms with van der Waals surface area (Å²) in [7, 11) is 0. The first-order chi connectivity index (χ1) is 10.3. The normalized spacial score (nSPS) is 10.9. The quantitative estimate of drug-likeness (QED) is 0.664. The molecule has 0 saturated heterocycles. The van der Waals surface area contributed by atoms with E-state index in [1.165, 1.54) is 23.1 Å². The Labute approximate surface area is 129 Å². The van der Waals surface area contributed by atoms with E-state index in [0.29, 0.717) is 24.1 Å². The molecule has 1 N–H and O–H groups in total. The molecule has 3 aromatic heterocycles. The van der Waals surface area contributed by atoms with Gasteiger partial charge in [0.25, 0.3) is 0 Å². The Bertz CT molecular complexity index is 679. The number of nitrogens with zero attached hydrogens (tertiary/aromatic N) is 4. The maximum absolute atomic E-state index is 5.44. The van der Waals surface area contributed by atoms with Crippen LogP contribution in [-0.4, -0.2) is 20.4 Å². The van der Waals surface area contributed by atoms with E-state index in [1.54, 1.807) is 6.26 Å². The topological polar surface area (TPSA) is 89.9 Å². The first-order valence-electron chi connectivity index (χ1n) is 6.37. The number of hydrogen-bond donors (Lipinski definition) is 1. The van der Waals surface area contributed by atoms with Crippen molar-refractivity contribution in [3.8, 4) is 0 Å². The smallest absolute Gasteiger partial charge is 0.226 e. The van der Waals surface area contributed by atoms with Crippen LogP contribution in [0.5, 0.6) is 0 Å². The fraction of sp³-hybridized carbons (Fsp3) is 0.333. The molecule has 0 aliphatic carbocycles. The maximum Gasteiger partial charge on any atom is 0.226 e. The Morgan fingerprint density at radius 1 is 1.24 bits per heavy atom. The summed E-state index contributed by atoms with van der Waals surface area (Å²) in [4.78, 5) is 0. The van der Waals surface area contributed by atoms with Gasteiger partial charge in [0.1, 0.15) is 5.76 Å². The van der Waals surface area contributed by atoms with Crippen LogP contribution >= 0.6 is 23.1 Å². The van der Waals surface area contributed by atoms with E-state index >= 15 is 0 Å². The fourth-order valence-electron chi connectivity index (χ4n) is 1.53. The molecule has 9 heteroatoms. The van der Waals surface area contributed by atoms with Gasteiger partial charge >= 0.3 is 0 Å². The van der Waals surface area contributed by atoms with E-state index < -0.39 is 0 Å². The number of hydrogen-bond acceptors (Lipinski definition) is 9. The van der Waals surface area contributed by atoms with Crippen LogP contribution in [0, 0.1) is 0 Å². The Morgan fingerprint density at radius 3 is 2.90 bits per heavy atom. The molecular formula is C12H13N5O2S2. The third kappa shape index (κ3) is 3.82. The number of rotatable bonds is 7. The van der Waals surface area contributed by atoms with Gasteiger partial charge in [-0.05, 0) is 12.1 Å². The number of furan rings is 1. The lowest BCUT2D eigenvalue weighted by molar-refractivity contribution is 0.470. The minimum absolute atomic E-state index is 0.593. The second-order valence-electron chi connectivity index (χ2n) is 4.04. The summed E-state index contributed by atoms with van der Waals surface area (Å²) in [5.41, 5.74) is 0. The van der Waals surface area contributed by atoms with Crippen LogP contribution < -0.4 is 5.32 Å². The van der Waals surface area contributed by atoms with Crippen LogP contribution in [0.1, 0.15) is 24.5 Å². The molecule has 0 bridgehead atoms. The van der Waals surface area contributed by atoms with E-state index in [1.807, 2.05) is 19.1 Å². The molecule has 0 saturated carbocycles. The minimum Gasteiger partial charge on any atom is -0.467 e. The molecular weight excluding hydrogens is 310 g/mol. The molecule has 0 spiro atoms. The molecule has 7 nitrogen and oxygen atoms in total. The zero-order valence-corrected chi connectivity index (χ0v) is 12.9. The molecule has 0 aliphatic rings. The Kier molecular flexibility index (Phi) is 4.51. The summed E-state index contributed by atoms with van der Waals surface area (Å²) < 4.78 is 11.5. The molecule has 3 rings (SSSR count). The third-order valence-corrected chi connectivity index (χ3v) is 4.53. The van der Waals surface area contributed by atoms with Gasteiger partial charge in [-0.2, -0.15) is 0 Å². The largest absolute Gasteiger partial charge is 0.467 e. The average molecular weight is 323 g/mol. The number of anilines is 1. The summed E-state index contributed by atoms with van der Waals surface area (Å²) in [6, 6.07) is 3.76. The van der Waals surface area contributed by atoms with Gasteiger partial charge in [-0.3, -0.25) is 0 Å². The molecule has 0 aromatic carbocycles. The predicted octanol–water partition coefficient (Wildman–Crippen LogP) is 2.98. The van der Waals surface area contributed by atoms with E-state index in [2.05, 4.69) is 25.7 Å². The second-order valence-corrected chi connectivity index (χ2v) is 6.24. The highest BCUT2D eigenvalue weighted by Gasteiger charge is 2.09. The van der Waals surface area contributed by atoms with Crippen molar-refractivity contribution in [1.82, 2.24) is 20.4 Å². The number of nitrogens with one attached hydrogen (secondary N) is 1. The van der Waals surface area contributed by atoms with Gasteiger partial charge in [0.05, 0.1) is 18.6 Å². The molecule has 0 fully saturated rings. The van der Waals surface area contributed by atoms with Crippen LogP contribution in [0.2, 0.25) is 0 Å². The van der Waals surface area contributed by atoms with Crippen molar-refractivity contribution in [2.75, 3.05) is 5.32 Å². The highest BCUT2D eigenvalue weighted by atomic mass is 32.2. The number of aryl methyl sites for hydroxylation is 1. The summed E-state index contributed by atoms with van der Waals surface area (Å²) in [6.07, 6.45) is 2.39. The minimum atomic E-state index is 0.593. The Balaban J connectivity index is 1.50. The van der Waals surface area contributed by atoms with E-state index in [9.17, 15) is 0 Å². The molecule has 0 aliphatic heterocycles. The van der Waals surface area contributed by atoms with Crippen LogP contribution in [-0.2, 0) is 18.7 Å². The van der Waals surface area contributed by atoms with Gasteiger partial charge in [0.2, 0.25) is 16.9 Å². The van der Waals surface area contributed by atoms with Crippen LogP contribution in [0.4, 0.5) is 5.13 Å². The van der Waals surface area contributed by atoms with Crippen molar-refractivity contribution in [3.63, 3.8) is 0 Å². The average Bonchev–Trinajstić information content (AvgIpc) is 3.24. The van der Waals surface area contributed by atoms with Crippen molar-refractivity contribution < 1.29 is 8.83 Å². The Hall–Kier alpha value is -1.87. The fourth-order valence-corrected chi connectivity index (χ4v) is 3.11. The number of aromatic nitrogens is 4. The second kappa shape index (κ2) is 6.72. The lowest BCUT2D eigenvalue weighted by Gasteiger charge is -1.96. The first kappa shape index (κ1) is 14.1. The molecule has 0 radical (unpaired) electrons. The van der Waals surface area contributed by atoms with Gasteiger partial charge in [-0.25, -0.2) is 0 Å². The number of thioether (sulfide) groups is 1. The summed E-state index contributed by atoms with van der Waals surface area (Å²) >= 11 is 3.01. The van der Waals surface area contributed by atoms with Crippen molar-refractivity contribution in [2.45, 2.75) is 30.0 Å². The summed E-state index contributed by atoms with van der Waals surface area (Å²) in [5, 5.41) is 20.0. The van der Waals surface area contributed by atoms with Crippen LogP contribution in [0.3, 0.4) is 0 Å². The zero-order chi connectivity index (χ0) is 14.5. The summed E-state index contributed by atoms with van der Waals surface area (Å²) in [5.74, 6) is 2.72. The van der Waals surface area contributed by atoms with Crippen molar-refractivity contribution in [1.29, 1.82) is 0 Å². The highest BCUT2D eigenvalue weighted by Crippen LogP contribution is 2.28. The first-order valence-corrected chi connectivity index (χ1v) is 8.17. The monoisotopic (exact) mass is 323 g/mol. The summed E-state index contributed by atoms with van der Waals surface area (Å²) in [6.45, 7) is 2.57. The Morgan fingerprint density at radius 2 is 2.14 bits per heavy atom. The van der Waals surface area contributed by atoms with Crippen molar-refractivity contribution in [3.05, 3.63) is 35.9 Å². The van der Waals surface area contributed by atoms with Crippen LogP contribution in [0.25, 0.3) is 0 Å². The molecule has 21 heavy (non-hydrogen) atoms. The predicted molar refractivity (Wildman–Crippen MR) is 79.2 cm³/mol. The standard InChI is InChI=1S/C12H13N5O2S2/c1-2-9-14-15-10(19-9)7-20-12-17-16-11(21-12)13-6-8-4-3-5-18-8/h3-5H,2,6-7H2,1H3,(H,13,16). The van der Waals surface area contributed by atoms with Gasteiger partial charge in [0, 0.05) is 6.42 Å². The lowest BCUT2D eigenvalue weighted by Crippen LogP contribution is -1.96. The van der Waals surface area contributed by atoms with E-state index in [4.69, 9.17) is 8.83 Å². The van der Waals surface area contributed by atoms with E-state index in [0.717, 1.165) is 21.7 Å². The maximum atomic E-state index is 5.44. The zero-order valence-electron chi connectivity index (χ0n) is 11.3. The van der Waals surface area contributed by atoms with Crippen molar-refractivity contribution in [2.24, 2.45) is 0 Å². The lowest BCUT2D eigenvalue weighted by atomic mass is 10.4. The van der Waals surface area contributed by atoms with Crippen molar-refractivity contribution >= 4 is 28.2 Å². The van der Waals surface area contributed by atoms with Gasteiger partial charge in [-0.1, -0.05) is 30.0 Å². The molecule has 3 heterocycles. The van der Waals surface area contributed by atoms with Crippen LogP contribution in [0.15, 0.2) is 31.6 Å². The SMILES string of the molecule is CCc1nnc(CSc2nnc(NCc3ccco3)s2)o1. The van der Waals surface area contributed by atoms with Gasteiger partial charge < -0.3 is 14.2 Å². The molecule has 0 unspecified atom stereocenters.